The Morgan fingerprint density at radius 1 is 1.25 bits per heavy atom. The minimum absolute atomic E-state index is 0.0854. The van der Waals surface area contributed by atoms with Crippen LogP contribution in [0.25, 0.3) is 4.85 Å². The van der Waals surface area contributed by atoms with Gasteiger partial charge < -0.3 is 15.0 Å². The van der Waals surface area contributed by atoms with Crippen LogP contribution in [0.15, 0.2) is 36.4 Å². The average Bonchev–Trinajstić information content (AvgIpc) is 2.90. The van der Waals surface area contributed by atoms with Crippen molar-refractivity contribution in [2.75, 3.05) is 31.1 Å². The van der Waals surface area contributed by atoms with Crippen molar-refractivity contribution in [3.63, 3.8) is 0 Å². The summed E-state index contributed by atoms with van der Waals surface area (Å²) in [7, 11) is 0. The first-order valence-electron chi connectivity index (χ1n) is 7.97. The summed E-state index contributed by atoms with van der Waals surface area (Å²) in [6.45, 7) is 10.8. The summed E-state index contributed by atoms with van der Waals surface area (Å²) in [5.41, 5.74) is 0.694. The fourth-order valence-corrected chi connectivity index (χ4v) is 2.61. The molecule has 6 heteroatoms. The molecule has 1 aromatic heterocycles. The smallest absolute Gasteiger partial charge is 0.215 e. The Morgan fingerprint density at radius 2 is 2.17 bits per heavy atom. The van der Waals surface area contributed by atoms with Crippen LogP contribution < -0.4 is 15.0 Å². The molecule has 0 bridgehead atoms. The predicted molar refractivity (Wildman–Crippen MR) is 90.9 cm³/mol. The lowest BCUT2D eigenvalue weighted by Crippen LogP contribution is -2.28. The van der Waals surface area contributed by atoms with Gasteiger partial charge in [-0.2, -0.15) is 4.98 Å². The van der Waals surface area contributed by atoms with E-state index in [1.54, 1.807) is 18.2 Å². The standard InChI is InChI=1S/C18H19FN4O/c1-20-15-7-6-14(16(19)12-15)13-24-18-5-2-4-17(22-18)23-10-3-8-21-9-11-23/h2,4-7,12,21H,3,8-11,13H2. The molecule has 24 heavy (non-hydrogen) atoms. The summed E-state index contributed by atoms with van der Waals surface area (Å²) in [5.74, 6) is 0.914. The second-order valence-corrected chi connectivity index (χ2v) is 5.60. The molecular weight excluding hydrogens is 307 g/mol. The monoisotopic (exact) mass is 326 g/mol. The van der Waals surface area contributed by atoms with Crippen LogP contribution in [-0.4, -0.2) is 31.2 Å². The molecule has 0 spiro atoms. The normalized spacial score (nSPS) is 14.8. The summed E-state index contributed by atoms with van der Waals surface area (Å²) < 4.78 is 19.5. The Morgan fingerprint density at radius 3 is 3.00 bits per heavy atom. The van der Waals surface area contributed by atoms with Gasteiger partial charge in [-0.15, -0.1) is 0 Å². The third-order valence-electron chi connectivity index (χ3n) is 3.91. The zero-order valence-electron chi connectivity index (χ0n) is 13.3. The number of benzene rings is 1. The van der Waals surface area contributed by atoms with Gasteiger partial charge in [-0.05, 0) is 25.1 Å². The summed E-state index contributed by atoms with van der Waals surface area (Å²) in [5, 5.41) is 3.36. The second kappa shape index (κ2) is 7.75. The van der Waals surface area contributed by atoms with E-state index in [0.29, 0.717) is 11.4 Å². The van der Waals surface area contributed by atoms with E-state index in [1.807, 2.05) is 12.1 Å². The quantitative estimate of drug-likeness (QED) is 0.877. The van der Waals surface area contributed by atoms with Crippen LogP contribution in [0.3, 0.4) is 0 Å². The molecule has 1 aliphatic rings. The number of halogens is 1. The molecule has 5 nitrogen and oxygen atoms in total. The highest BCUT2D eigenvalue weighted by Gasteiger charge is 2.12. The van der Waals surface area contributed by atoms with E-state index in [-0.39, 0.29) is 12.3 Å². The summed E-state index contributed by atoms with van der Waals surface area (Å²) >= 11 is 0. The second-order valence-electron chi connectivity index (χ2n) is 5.60. The summed E-state index contributed by atoms with van der Waals surface area (Å²) in [6, 6.07) is 10.0. The Balaban J connectivity index is 1.67. The van der Waals surface area contributed by atoms with Crippen molar-refractivity contribution in [2.45, 2.75) is 13.0 Å². The number of hydrogen-bond acceptors (Lipinski definition) is 4. The maximum atomic E-state index is 13.9. The molecule has 124 valence electrons. The van der Waals surface area contributed by atoms with E-state index in [2.05, 4.69) is 20.0 Å². The number of nitrogens with zero attached hydrogens (tertiary/aromatic N) is 3. The van der Waals surface area contributed by atoms with Crippen molar-refractivity contribution in [1.29, 1.82) is 0 Å². The van der Waals surface area contributed by atoms with Crippen molar-refractivity contribution >= 4 is 11.5 Å². The molecule has 1 aromatic carbocycles. The van der Waals surface area contributed by atoms with Gasteiger partial charge in [0, 0.05) is 31.3 Å². The SMILES string of the molecule is [C-]#[N+]c1ccc(COc2cccc(N3CCCNCC3)n2)c(F)c1. The van der Waals surface area contributed by atoms with Gasteiger partial charge in [0.25, 0.3) is 0 Å². The van der Waals surface area contributed by atoms with Crippen LogP contribution in [0.4, 0.5) is 15.9 Å². The third kappa shape index (κ3) is 4.00. The molecule has 1 N–H and O–H groups in total. The maximum absolute atomic E-state index is 13.9. The van der Waals surface area contributed by atoms with Crippen LogP contribution in [0, 0.1) is 12.4 Å². The summed E-state index contributed by atoms with van der Waals surface area (Å²) in [6.07, 6.45) is 1.07. The lowest BCUT2D eigenvalue weighted by molar-refractivity contribution is 0.288. The first-order chi connectivity index (χ1) is 11.8. The highest BCUT2D eigenvalue weighted by Crippen LogP contribution is 2.20. The molecule has 0 saturated carbocycles. The highest BCUT2D eigenvalue weighted by atomic mass is 19.1. The van der Waals surface area contributed by atoms with E-state index in [1.165, 1.54) is 6.07 Å². The number of nitrogens with one attached hydrogen (secondary N) is 1. The summed E-state index contributed by atoms with van der Waals surface area (Å²) in [4.78, 5) is 9.95. The molecule has 0 aliphatic carbocycles. The number of anilines is 1. The van der Waals surface area contributed by atoms with Gasteiger partial charge in [0.15, 0.2) is 5.69 Å². The topological polar surface area (TPSA) is 41.8 Å². The number of rotatable bonds is 4. The fraction of sp³-hybridized carbons (Fsp3) is 0.333. The third-order valence-corrected chi connectivity index (χ3v) is 3.91. The Hall–Kier alpha value is -2.65. The van der Waals surface area contributed by atoms with Crippen molar-refractivity contribution in [2.24, 2.45) is 0 Å². The molecule has 1 aliphatic heterocycles. The zero-order valence-corrected chi connectivity index (χ0v) is 13.3. The molecule has 1 saturated heterocycles. The molecule has 0 atom stereocenters. The number of aromatic nitrogens is 1. The van der Waals surface area contributed by atoms with E-state index < -0.39 is 5.82 Å². The van der Waals surface area contributed by atoms with E-state index in [4.69, 9.17) is 11.3 Å². The average molecular weight is 326 g/mol. The van der Waals surface area contributed by atoms with E-state index in [9.17, 15) is 4.39 Å². The fourth-order valence-electron chi connectivity index (χ4n) is 2.61. The first kappa shape index (κ1) is 16.2. The zero-order chi connectivity index (χ0) is 16.8. The Bertz CT molecular complexity index is 736. The molecule has 0 radical (unpaired) electrons. The van der Waals surface area contributed by atoms with Crippen LogP contribution >= 0.6 is 0 Å². The van der Waals surface area contributed by atoms with Gasteiger partial charge >= 0.3 is 0 Å². The van der Waals surface area contributed by atoms with Gasteiger partial charge in [0.1, 0.15) is 18.2 Å². The van der Waals surface area contributed by atoms with Gasteiger partial charge in [-0.3, -0.25) is 0 Å². The van der Waals surface area contributed by atoms with Gasteiger partial charge in [0.2, 0.25) is 5.88 Å². The first-order valence-corrected chi connectivity index (χ1v) is 7.97. The largest absolute Gasteiger partial charge is 0.473 e. The molecule has 3 rings (SSSR count). The number of ether oxygens (including phenoxy) is 1. The molecule has 2 aromatic rings. The van der Waals surface area contributed by atoms with Crippen molar-refractivity contribution in [1.82, 2.24) is 10.3 Å². The lowest BCUT2D eigenvalue weighted by atomic mass is 10.2. The highest BCUT2D eigenvalue weighted by molar-refractivity contribution is 5.46. The molecule has 0 amide bonds. The van der Waals surface area contributed by atoms with Gasteiger partial charge in [-0.1, -0.05) is 18.2 Å². The van der Waals surface area contributed by atoms with Crippen LogP contribution in [0.1, 0.15) is 12.0 Å². The van der Waals surface area contributed by atoms with E-state index >= 15 is 0 Å². The minimum atomic E-state index is -0.432. The molecule has 1 fully saturated rings. The Kier molecular flexibility index (Phi) is 5.24. The predicted octanol–water partition coefficient (Wildman–Crippen LogP) is 3.15. The van der Waals surface area contributed by atoms with Gasteiger partial charge in [-0.25, -0.2) is 9.24 Å². The maximum Gasteiger partial charge on any atom is 0.215 e. The minimum Gasteiger partial charge on any atom is -0.473 e. The number of hydrogen-bond donors (Lipinski definition) is 1. The van der Waals surface area contributed by atoms with Crippen molar-refractivity contribution in [3.05, 3.63) is 59.2 Å². The van der Waals surface area contributed by atoms with Crippen molar-refractivity contribution in [3.8, 4) is 5.88 Å². The van der Waals surface area contributed by atoms with E-state index in [0.717, 1.165) is 38.4 Å². The lowest BCUT2D eigenvalue weighted by Gasteiger charge is -2.21. The van der Waals surface area contributed by atoms with Crippen molar-refractivity contribution < 1.29 is 9.13 Å². The molecule has 0 unspecified atom stereocenters. The molecular formula is C18H19FN4O. The number of pyridine rings is 1. The Labute approximate surface area is 140 Å². The van der Waals surface area contributed by atoms with Crippen LogP contribution in [0.5, 0.6) is 5.88 Å². The van der Waals surface area contributed by atoms with Gasteiger partial charge in [0.05, 0.1) is 6.57 Å². The van der Waals surface area contributed by atoms with Crippen LogP contribution in [0.2, 0.25) is 0 Å². The molecule has 2 heterocycles. The van der Waals surface area contributed by atoms with Crippen LogP contribution in [-0.2, 0) is 6.61 Å².